The summed E-state index contributed by atoms with van der Waals surface area (Å²) in [5.74, 6) is -1.91. The highest BCUT2D eigenvalue weighted by atomic mass is 19.4. The summed E-state index contributed by atoms with van der Waals surface area (Å²) in [5, 5.41) is 11.1. The van der Waals surface area contributed by atoms with Gasteiger partial charge in [-0.2, -0.15) is 13.2 Å². The molecular weight excluding hydrogens is 317 g/mol. The molecule has 1 aliphatic rings. The number of nitro groups is 1. The number of amides is 1. The van der Waals surface area contributed by atoms with Crippen LogP contribution in [0.3, 0.4) is 0 Å². The Labute approximate surface area is 130 Å². The zero-order valence-electron chi connectivity index (χ0n) is 12.7. The second kappa shape index (κ2) is 5.39. The Hall–Kier alpha value is -2.32. The summed E-state index contributed by atoms with van der Waals surface area (Å²) >= 11 is 0. The summed E-state index contributed by atoms with van der Waals surface area (Å²) < 4.78 is 43.2. The van der Waals surface area contributed by atoms with Gasteiger partial charge in [0, 0.05) is 12.6 Å². The first-order chi connectivity index (χ1) is 10.5. The molecule has 0 spiro atoms. The number of methoxy groups -OCH3 is 1. The lowest BCUT2D eigenvalue weighted by Crippen LogP contribution is -2.54. The molecular formula is C14H15F3N2O4. The Balaban J connectivity index is 2.57. The maximum absolute atomic E-state index is 12.8. The van der Waals surface area contributed by atoms with Crippen LogP contribution in [0, 0.1) is 10.1 Å². The quantitative estimate of drug-likeness (QED) is 0.617. The fourth-order valence-electron chi connectivity index (χ4n) is 2.86. The minimum absolute atomic E-state index is 0.0418. The van der Waals surface area contributed by atoms with E-state index in [1.165, 1.54) is 33.1 Å². The Kier molecular flexibility index (Phi) is 4.00. The summed E-state index contributed by atoms with van der Waals surface area (Å²) in [6, 6.07) is 2.63. The number of benzene rings is 1. The Morgan fingerprint density at radius 1 is 1.39 bits per heavy atom. The van der Waals surface area contributed by atoms with Gasteiger partial charge in [-0.05, 0) is 37.5 Å². The molecule has 1 aromatic rings. The van der Waals surface area contributed by atoms with E-state index in [1.807, 2.05) is 0 Å². The normalized spacial score (nSPS) is 16.7. The summed E-state index contributed by atoms with van der Waals surface area (Å²) in [6.45, 7) is 2.75. The second-order valence-electron chi connectivity index (χ2n) is 5.70. The molecule has 0 radical (unpaired) electrons. The lowest BCUT2D eigenvalue weighted by atomic mass is 9.82. The third-order valence-corrected chi connectivity index (χ3v) is 4.03. The third kappa shape index (κ3) is 2.82. The van der Waals surface area contributed by atoms with E-state index in [0.717, 1.165) is 0 Å². The number of hydrogen-bond acceptors (Lipinski definition) is 4. The van der Waals surface area contributed by atoms with Crippen LogP contribution < -0.4 is 4.74 Å². The van der Waals surface area contributed by atoms with E-state index >= 15 is 0 Å². The van der Waals surface area contributed by atoms with Crippen molar-refractivity contribution in [2.45, 2.75) is 32.0 Å². The zero-order chi connectivity index (χ0) is 17.6. The molecule has 23 heavy (non-hydrogen) atoms. The van der Waals surface area contributed by atoms with Crippen LogP contribution in [0.5, 0.6) is 5.75 Å². The maximum Gasteiger partial charge on any atom is 0.471 e. The van der Waals surface area contributed by atoms with Gasteiger partial charge in [-0.1, -0.05) is 0 Å². The smallest absolute Gasteiger partial charge is 0.471 e. The van der Waals surface area contributed by atoms with E-state index in [-0.39, 0.29) is 24.4 Å². The van der Waals surface area contributed by atoms with Crippen molar-refractivity contribution >= 4 is 11.6 Å². The van der Waals surface area contributed by atoms with Crippen LogP contribution in [0.4, 0.5) is 18.9 Å². The van der Waals surface area contributed by atoms with Crippen molar-refractivity contribution in [3.63, 3.8) is 0 Å². The molecule has 0 atom stereocenters. The number of carbonyl (C=O) groups is 1. The molecule has 0 aromatic heterocycles. The highest BCUT2D eigenvalue weighted by molar-refractivity contribution is 5.83. The van der Waals surface area contributed by atoms with Gasteiger partial charge < -0.3 is 9.64 Å². The summed E-state index contributed by atoms with van der Waals surface area (Å²) in [5.41, 5.74) is -0.727. The van der Waals surface area contributed by atoms with E-state index in [9.17, 15) is 28.1 Å². The van der Waals surface area contributed by atoms with Gasteiger partial charge in [0.15, 0.2) is 5.75 Å². The van der Waals surface area contributed by atoms with E-state index in [4.69, 9.17) is 4.74 Å². The number of ether oxygens (including phenoxy) is 1. The van der Waals surface area contributed by atoms with Gasteiger partial charge in [0.05, 0.1) is 17.6 Å². The number of halogens is 3. The van der Waals surface area contributed by atoms with Crippen molar-refractivity contribution in [2.24, 2.45) is 0 Å². The molecule has 0 fully saturated rings. The van der Waals surface area contributed by atoms with Gasteiger partial charge in [0.25, 0.3) is 0 Å². The minimum Gasteiger partial charge on any atom is -0.490 e. The standard InChI is InChI=1S/C14H15F3N2O4/c1-13(2)9-7-10(19(21)22)11(23-3)6-8(9)4-5-18(13)12(20)14(15,16)17/h6-7H,4-5H2,1-3H3. The molecule has 6 nitrogen and oxygen atoms in total. The van der Waals surface area contributed by atoms with Gasteiger partial charge in [-0.3, -0.25) is 14.9 Å². The van der Waals surface area contributed by atoms with Crippen LogP contribution in [0.25, 0.3) is 0 Å². The second-order valence-corrected chi connectivity index (χ2v) is 5.70. The number of hydrogen-bond donors (Lipinski definition) is 0. The molecule has 1 aromatic carbocycles. The monoisotopic (exact) mass is 332 g/mol. The number of nitro benzene ring substituents is 1. The van der Waals surface area contributed by atoms with E-state index in [2.05, 4.69) is 0 Å². The number of alkyl halides is 3. The van der Waals surface area contributed by atoms with Gasteiger partial charge in [-0.15, -0.1) is 0 Å². The van der Waals surface area contributed by atoms with Crippen molar-refractivity contribution in [1.29, 1.82) is 0 Å². The van der Waals surface area contributed by atoms with Crippen LogP contribution in [0.1, 0.15) is 25.0 Å². The topological polar surface area (TPSA) is 72.7 Å². The molecule has 0 N–H and O–H groups in total. The molecule has 0 saturated heterocycles. The number of carbonyl (C=O) groups excluding carboxylic acids is 1. The van der Waals surface area contributed by atoms with Gasteiger partial charge in [0.1, 0.15) is 0 Å². The Morgan fingerprint density at radius 2 is 2.00 bits per heavy atom. The summed E-state index contributed by atoms with van der Waals surface area (Å²) in [7, 11) is 1.28. The molecule has 0 bridgehead atoms. The molecule has 1 heterocycles. The van der Waals surface area contributed by atoms with Crippen molar-refractivity contribution in [1.82, 2.24) is 4.90 Å². The molecule has 126 valence electrons. The molecule has 0 aliphatic carbocycles. The van der Waals surface area contributed by atoms with Crippen LogP contribution in [0.15, 0.2) is 12.1 Å². The molecule has 1 aliphatic heterocycles. The molecule has 0 saturated carbocycles. The predicted octanol–water partition coefficient (Wildman–Crippen LogP) is 2.79. The summed E-state index contributed by atoms with van der Waals surface area (Å²) in [6.07, 6.45) is -4.83. The average molecular weight is 332 g/mol. The van der Waals surface area contributed by atoms with Gasteiger partial charge in [0.2, 0.25) is 0 Å². The van der Waals surface area contributed by atoms with E-state index in [0.29, 0.717) is 16.0 Å². The summed E-state index contributed by atoms with van der Waals surface area (Å²) in [4.78, 5) is 22.8. The third-order valence-electron chi connectivity index (χ3n) is 4.03. The van der Waals surface area contributed by atoms with Crippen LogP contribution in [-0.4, -0.2) is 35.6 Å². The zero-order valence-corrected chi connectivity index (χ0v) is 12.7. The largest absolute Gasteiger partial charge is 0.490 e. The fraction of sp³-hybridized carbons (Fsp3) is 0.500. The van der Waals surface area contributed by atoms with Crippen LogP contribution in [-0.2, 0) is 16.8 Å². The molecule has 2 rings (SSSR count). The maximum atomic E-state index is 12.8. The lowest BCUT2D eigenvalue weighted by molar-refractivity contribution is -0.385. The first kappa shape index (κ1) is 17.0. The number of rotatable bonds is 2. The SMILES string of the molecule is COc1cc2c(cc1[N+](=O)[O-])C(C)(C)N(C(=O)C(F)(F)F)CC2. The van der Waals surface area contributed by atoms with E-state index in [1.54, 1.807) is 0 Å². The number of fused-ring (bicyclic) bond motifs is 1. The van der Waals surface area contributed by atoms with E-state index < -0.39 is 22.5 Å². The first-order valence-electron chi connectivity index (χ1n) is 6.74. The minimum atomic E-state index is -4.99. The fourth-order valence-corrected chi connectivity index (χ4v) is 2.86. The lowest BCUT2D eigenvalue weighted by Gasteiger charge is -2.44. The average Bonchev–Trinajstić information content (AvgIpc) is 2.44. The van der Waals surface area contributed by atoms with Crippen molar-refractivity contribution in [2.75, 3.05) is 13.7 Å². The first-order valence-corrected chi connectivity index (χ1v) is 6.74. The Morgan fingerprint density at radius 3 is 2.48 bits per heavy atom. The van der Waals surface area contributed by atoms with Crippen LogP contribution in [0.2, 0.25) is 0 Å². The molecule has 1 amide bonds. The van der Waals surface area contributed by atoms with Crippen molar-refractivity contribution < 1.29 is 27.6 Å². The number of nitrogens with zero attached hydrogens (tertiary/aromatic N) is 2. The van der Waals surface area contributed by atoms with Crippen LogP contribution >= 0.6 is 0 Å². The highest BCUT2D eigenvalue weighted by Gasteiger charge is 2.49. The van der Waals surface area contributed by atoms with Crippen molar-refractivity contribution in [3.8, 4) is 5.75 Å². The molecule has 9 heteroatoms. The van der Waals surface area contributed by atoms with Gasteiger partial charge in [-0.25, -0.2) is 0 Å². The predicted molar refractivity (Wildman–Crippen MR) is 74.1 cm³/mol. The van der Waals surface area contributed by atoms with Gasteiger partial charge >= 0.3 is 17.8 Å². The highest BCUT2D eigenvalue weighted by Crippen LogP contribution is 2.42. The molecule has 0 unspecified atom stereocenters. The van der Waals surface area contributed by atoms with Crippen molar-refractivity contribution in [3.05, 3.63) is 33.4 Å². The Bertz CT molecular complexity index is 671.